The molecule has 1 unspecified atom stereocenters. The summed E-state index contributed by atoms with van der Waals surface area (Å²) < 4.78 is 6.26. The highest BCUT2D eigenvalue weighted by molar-refractivity contribution is 7.71. The highest BCUT2D eigenvalue weighted by atomic mass is 32.1. The Kier molecular flexibility index (Phi) is 5.94. The van der Waals surface area contributed by atoms with E-state index in [1.54, 1.807) is 0 Å². The van der Waals surface area contributed by atoms with Gasteiger partial charge in [-0.2, -0.15) is 0 Å². The zero-order valence-electron chi connectivity index (χ0n) is 12.3. The molecule has 2 N–H and O–H groups in total. The van der Waals surface area contributed by atoms with Gasteiger partial charge in [0.25, 0.3) is 0 Å². The summed E-state index contributed by atoms with van der Waals surface area (Å²) in [4.78, 5) is 10.1. The molecule has 0 aliphatic carbocycles. The van der Waals surface area contributed by atoms with Gasteiger partial charge < -0.3 is 19.9 Å². The molecule has 0 bridgehead atoms. The van der Waals surface area contributed by atoms with E-state index in [4.69, 9.17) is 17.0 Å². The second-order valence-corrected chi connectivity index (χ2v) is 5.39. The molecule has 2 rings (SSSR count). The lowest BCUT2D eigenvalue weighted by atomic mass is 10.2. The molecule has 6 heteroatoms. The number of likely N-dealkylation sites (N-methyl/N-ethyl adjacent to an activating group) is 1. The van der Waals surface area contributed by atoms with Crippen LogP contribution >= 0.6 is 12.2 Å². The summed E-state index contributed by atoms with van der Waals surface area (Å²) in [5, 5.41) is 3.39. The Morgan fingerprint density at radius 2 is 2.30 bits per heavy atom. The van der Waals surface area contributed by atoms with E-state index in [2.05, 4.69) is 34.0 Å². The number of H-pyrrole nitrogens is 1. The topological polar surface area (TPSA) is 53.2 Å². The van der Waals surface area contributed by atoms with Crippen LogP contribution in [0.3, 0.4) is 0 Å². The largest absolute Gasteiger partial charge is 0.370 e. The standard InChI is InChI=1S/C14H24N4OS/c1-3-18(4-2)8-7-15-12-10-13(20)17-14(16-12)11-6-5-9-19-11/h10-11H,3-9H2,1-2H3,(H2,15,16,17,20). The highest BCUT2D eigenvalue weighted by Gasteiger charge is 2.20. The van der Waals surface area contributed by atoms with Gasteiger partial charge >= 0.3 is 0 Å². The molecule has 1 saturated heterocycles. The van der Waals surface area contributed by atoms with Crippen LogP contribution in [0.4, 0.5) is 5.82 Å². The average molecular weight is 296 g/mol. The maximum Gasteiger partial charge on any atom is 0.138 e. The maximum absolute atomic E-state index is 5.65. The number of hydrogen-bond donors (Lipinski definition) is 2. The van der Waals surface area contributed by atoms with Crippen molar-refractivity contribution in [3.05, 3.63) is 16.5 Å². The molecule has 2 heterocycles. The van der Waals surface area contributed by atoms with Crippen LogP contribution in [0.1, 0.15) is 38.6 Å². The van der Waals surface area contributed by atoms with E-state index in [0.29, 0.717) is 4.64 Å². The SMILES string of the molecule is CCN(CC)CCNc1cc(=S)nc(C2CCCO2)[nH]1. The van der Waals surface area contributed by atoms with Crippen LogP contribution in [0.15, 0.2) is 6.07 Å². The van der Waals surface area contributed by atoms with Gasteiger partial charge in [-0.1, -0.05) is 26.1 Å². The summed E-state index contributed by atoms with van der Waals surface area (Å²) in [7, 11) is 0. The zero-order valence-corrected chi connectivity index (χ0v) is 13.1. The van der Waals surface area contributed by atoms with Crippen molar-refractivity contribution in [2.75, 3.05) is 38.1 Å². The van der Waals surface area contributed by atoms with E-state index in [0.717, 1.165) is 57.3 Å². The lowest BCUT2D eigenvalue weighted by Gasteiger charge is -2.18. The molecule has 20 heavy (non-hydrogen) atoms. The Labute approximate surface area is 125 Å². The van der Waals surface area contributed by atoms with Crippen LogP contribution in [0.5, 0.6) is 0 Å². The first-order valence-corrected chi connectivity index (χ1v) is 7.82. The molecule has 1 fully saturated rings. The summed E-state index contributed by atoms with van der Waals surface area (Å²) >= 11 is 5.23. The quantitative estimate of drug-likeness (QED) is 0.758. The third-order valence-electron chi connectivity index (χ3n) is 3.63. The zero-order chi connectivity index (χ0) is 14.4. The minimum atomic E-state index is 0.0706. The molecular formula is C14H24N4OS. The lowest BCUT2D eigenvalue weighted by Crippen LogP contribution is -2.28. The molecule has 112 valence electrons. The summed E-state index contributed by atoms with van der Waals surface area (Å²) in [6, 6.07) is 1.87. The van der Waals surface area contributed by atoms with Gasteiger partial charge in [0, 0.05) is 25.8 Å². The van der Waals surface area contributed by atoms with Crippen molar-refractivity contribution in [1.29, 1.82) is 0 Å². The Hall–Kier alpha value is -0.980. The van der Waals surface area contributed by atoms with Gasteiger partial charge in [0.15, 0.2) is 0 Å². The molecule has 0 aromatic carbocycles. The van der Waals surface area contributed by atoms with Crippen LogP contribution < -0.4 is 5.32 Å². The Balaban J connectivity index is 1.95. The molecule has 5 nitrogen and oxygen atoms in total. The minimum absolute atomic E-state index is 0.0706. The average Bonchev–Trinajstić information content (AvgIpc) is 2.97. The van der Waals surface area contributed by atoms with Crippen molar-refractivity contribution >= 4 is 18.0 Å². The fraction of sp³-hybridized carbons (Fsp3) is 0.714. The van der Waals surface area contributed by atoms with E-state index < -0.39 is 0 Å². The molecular weight excluding hydrogens is 272 g/mol. The fourth-order valence-electron chi connectivity index (χ4n) is 2.41. The molecule has 0 saturated carbocycles. The van der Waals surface area contributed by atoms with Crippen molar-refractivity contribution in [3.8, 4) is 0 Å². The molecule has 1 aliphatic heterocycles. The van der Waals surface area contributed by atoms with E-state index >= 15 is 0 Å². The number of nitrogens with zero attached hydrogens (tertiary/aromatic N) is 2. The first-order valence-electron chi connectivity index (χ1n) is 7.42. The van der Waals surface area contributed by atoms with Crippen LogP contribution in [0.2, 0.25) is 0 Å². The third kappa shape index (κ3) is 4.26. The van der Waals surface area contributed by atoms with Crippen molar-refractivity contribution in [2.24, 2.45) is 0 Å². The van der Waals surface area contributed by atoms with Crippen LogP contribution in [0.25, 0.3) is 0 Å². The number of aromatic nitrogens is 2. The van der Waals surface area contributed by atoms with E-state index in [9.17, 15) is 0 Å². The number of rotatable bonds is 7. The lowest BCUT2D eigenvalue weighted by molar-refractivity contribution is 0.105. The molecule has 1 aromatic heterocycles. The predicted octanol–water partition coefficient (Wildman–Crippen LogP) is 2.74. The maximum atomic E-state index is 5.65. The van der Waals surface area contributed by atoms with E-state index in [-0.39, 0.29) is 6.10 Å². The Morgan fingerprint density at radius 3 is 2.95 bits per heavy atom. The van der Waals surface area contributed by atoms with Gasteiger partial charge in [0.1, 0.15) is 22.4 Å². The van der Waals surface area contributed by atoms with E-state index in [1.807, 2.05) is 6.07 Å². The van der Waals surface area contributed by atoms with Gasteiger partial charge in [0.2, 0.25) is 0 Å². The predicted molar refractivity (Wildman–Crippen MR) is 83.6 cm³/mol. The second-order valence-electron chi connectivity index (χ2n) is 4.97. The monoisotopic (exact) mass is 296 g/mol. The summed E-state index contributed by atoms with van der Waals surface area (Å²) in [5.74, 6) is 1.78. The number of anilines is 1. The van der Waals surface area contributed by atoms with Gasteiger partial charge in [-0.05, 0) is 25.9 Å². The van der Waals surface area contributed by atoms with Crippen LogP contribution in [-0.2, 0) is 4.74 Å². The third-order valence-corrected chi connectivity index (χ3v) is 3.84. The van der Waals surface area contributed by atoms with Crippen molar-refractivity contribution in [2.45, 2.75) is 32.8 Å². The second kappa shape index (κ2) is 7.71. The Morgan fingerprint density at radius 1 is 1.50 bits per heavy atom. The molecule has 1 aromatic rings. The van der Waals surface area contributed by atoms with Crippen LogP contribution in [0, 0.1) is 4.64 Å². The number of ether oxygens (including phenoxy) is 1. The first kappa shape index (κ1) is 15.4. The van der Waals surface area contributed by atoms with Gasteiger partial charge in [-0.25, -0.2) is 4.98 Å². The number of hydrogen-bond acceptors (Lipinski definition) is 5. The van der Waals surface area contributed by atoms with Crippen molar-refractivity contribution < 1.29 is 4.74 Å². The summed E-state index contributed by atoms with van der Waals surface area (Å²) in [5.41, 5.74) is 0. The highest BCUT2D eigenvalue weighted by Crippen LogP contribution is 2.26. The van der Waals surface area contributed by atoms with Gasteiger partial charge in [-0.15, -0.1) is 0 Å². The molecule has 1 atom stereocenters. The number of aromatic amines is 1. The molecule has 1 aliphatic rings. The van der Waals surface area contributed by atoms with Crippen LogP contribution in [-0.4, -0.2) is 47.7 Å². The van der Waals surface area contributed by atoms with Gasteiger partial charge in [-0.3, -0.25) is 0 Å². The van der Waals surface area contributed by atoms with Crippen molar-refractivity contribution in [1.82, 2.24) is 14.9 Å². The minimum Gasteiger partial charge on any atom is -0.370 e. The first-order chi connectivity index (χ1) is 9.72. The normalized spacial score (nSPS) is 18.6. The number of nitrogens with one attached hydrogen (secondary N) is 2. The Bertz CT molecular complexity index is 466. The fourth-order valence-corrected chi connectivity index (χ4v) is 2.62. The molecule has 0 amide bonds. The smallest absolute Gasteiger partial charge is 0.138 e. The van der Waals surface area contributed by atoms with E-state index in [1.165, 1.54) is 0 Å². The van der Waals surface area contributed by atoms with Gasteiger partial charge in [0.05, 0.1) is 0 Å². The summed E-state index contributed by atoms with van der Waals surface area (Å²) in [6.07, 6.45) is 2.18. The molecule has 0 spiro atoms. The summed E-state index contributed by atoms with van der Waals surface area (Å²) in [6.45, 7) is 9.23. The van der Waals surface area contributed by atoms with Crippen molar-refractivity contribution in [3.63, 3.8) is 0 Å². The molecule has 0 radical (unpaired) electrons.